The molecule has 1 fully saturated rings. The van der Waals surface area contributed by atoms with Gasteiger partial charge in [0, 0.05) is 26.2 Å². The first kappa shape index (κ1) is 23.6. The van der Waals surface area contributed by atoms with Crippen molar-refractivity contribution in [2.45, 2.75) is 26.2 Å². The summed E-state index contributed by atoms with van der Waals surface area (Å²) in [6.45, 7) is 7.78. The van der Waals surface area contributed by atoms with Gasteiger partial charge in [0.1, 0.15) is 5.75 Å². The van der Waals surface area contributed by atoms with Gasteiger partial charge >= 0.3 is 5.97 Å². The molecule has 1 aliphatic rings. The Hall–Kier alpha value is -3.06. The molecular weight excluding hydrogens is 406 g/mol. The van der Waals surface area contributed by atoms with E-state index in [1.54, 1.807) is 12.1 Å². The SMILES string of the molecule is CC[C@H](C)c1ccc(OCC(=O)Nc2cc(C(=O)OC)ccc2N2CCN(C)CC2)cc1. The molecule has 172 valence electrons. The number of rotatable bonds is 8. The number of piperazine rings is 1. The molecule has 1 aliphatic heterocycles. The summed E-state index contributed by atoms with van der Waals surface area (Å²) in [6.07, 6.45) is 1.07. The molecule has 0 aliphatic carbocycles. The zero-order valence-electron chi connectivity index (χ0n) is 19.4. The maximum Gasteiger partial charge on any atom is 0.337 e. The van der Waals surface area contributed by atoms with Crippen LogP contribution in [0.4, 0.5) is 11.4 Å². The Balaban J connectivity index is 1.69. The highest BCUT2D eigenvalue weighted by molar-refractivity contribution is 5.98. The van der Waals surface area contributed by atoms with Crippen LogP contribution in [-0.2, 0) is 9.53 Å². The zero-order valence-corrected chi connectivity index (χ0v) is 19.4. The summed E-state index contributed by atoms with van der Waals surface area (Å²) < 4.78 is 10.5. The van der Waals surface area contributed by atoms with Crippen LogP contribution in [-0.4, -0.2) is 63.7 Å². The van der Waals surface area contributed by atoms with Gasteiger partial charge in [-0.2, -0.15) is 0 Å². The Morgan fingerprint density at radius 3 is 2.38 bits per heavy atom. The Morgan fingerprint density at radius 2 is 1.75 bits per heavy atom. The number of methoxy groups -OCH3 is 1. The molecule has 1 amide bonds. The molecule has 2 aromatic carbocycles. The second-order valence-electron chi connectivity index (χ2n) is 8.23. The minimum Gasteiger partial charge on any atom is -0.484 e. The molecule has 1 atom stereocenters. The first-order valence-electron chi connectivity index (χ1n) is 11.1. The number of nitrogens with zero attached hydrogens (tertiary/aromatic N) is 2. The van der Waals surface area contributed by atoms with Crippen molar-refractivity contribution in [3.8, 4) is 5.75 Å². The molecule has 7 nitrogen and oxygen atoms in total. The second kappa shape index (κ2) is 11.0. The molecule has 7 heteroatoms. The normalized spacial score (nSPS) is 15.2. The molecule has 1 heterocycles. The van der Waals surface area contributed by atoms with Gasteiger partial charge in [0.15, 0.2) is 6.61 Å². The second-order valence-corrected chi connectivity index (χ2v) is 8.23. The molecule has 1 saturated heterocycles. The van der Waals surface area contributed by atoms with Crippen molar-refractivity contribution in [3.63, 3.8) is 0 Å². The van der Waals surface area contributed by atoms with Crippen molar-refractivity contribution in [2.75, 3.05) is 57.2 Å². The monoisotopic (exact) mass is 439 g/mol. The van der Waals surface area contributed by atoms with E-state index in [0.29, 0.717) is 22.9 Å². The van der Waals surface area contributed by atoms with Gasteiger partial charge in [-0.1, -0.05) is 26.0 Å². The van der Waals surface area contributed by atoms with Gasteiger partial charge in [0.25, 0.3) is 5.91 Å². The number of carbonyl (C=O) groups is 2. The summed E-state index contributed by atoms with van der Waals surface area (Å²) in [6, 6.07) is 13.1. The molecule has 1 N–H and O–H groups in total. The zero-order chi connectivity index (χ0) is 23.1. The summed E-state index contributed by atoms with van der Waals surface area (Å²) in [5.41, 5.74) is 3.11. The molecule has 2 aromatic rings. The molecule has 0 aromatic heterocycles. The predicted octanol–water partition coefficient (Wildman–Crippen LogP) is 3.76. The number of likely N-dealkylation sites (N-methyl/N-ethyl adjacent to an activating group) is 1. The van der Waals surface area contributed by atoms with Crippen molar-refractivity contribution in [1.82, 2.24) is 4.90 Å². The number of nitrogens with one attached hydrogen (secondary N) is 1. The Bertz CT molecular complexity index is 921. The highest BCUT2D eigenvalue weighted by Crippen LogP contribution is 2.29. The average Bonchev–Trinajstić information content (AvgIpc) is 2.82. The van der Waals surface area contributed by atoms with Crippen LogP contribution in [0.15, 0.2) is 42.5 Å². The average molecular weight is 440 g/mol. The highest BCUT2D eigenvalue weighted by Gasteiger charge is 2.20. The third-order valence-corrected chi connectivity index (χ3v) is 5.97. The van der Waals surface area contributed by atoms with Crippen LogP contribution in [0.2, 0.25) is 0 Å². The molecular formula is C25H33N3O4. The van der Waals surface area contributed by atoms with Crippen LogP contribution >= 0.6 is 0 Å². The molecule has 3 rings (SSSR count). The summed E-state index contributed by atoms with van der Waals surface area (Å²) in [5, 5.41) is 2.92. The van der Waals surface area contributed by atoms with Gasteiger partial charge < -0.3 is 24.6 Å². The van der Waals surface area contributed by atoms with Gasteiger partial charge in [-0.05, 0) is 55.3 Å². The summed E-state index contributed by atoms with van der Waals surface area (Å²) in [7, 11) is 3.43. The number of amides is 1. The van der Waals surface area contributed by atoms with Gasteiger partial charge in [0.05, 0.1) is 24.0 Å². The Morgan fingerprint density at radius 1 is 1.06 bits per heavy atom. The van der Waals surface area contributed by atoms with Gasteiger partial charge in [-0.15, -0.1) is 0 Å². The lowest BCUT2D eigenvalue weighted by molar-refractivity contribution is -0.118. The van der Waals surface area contributed by atoms with Crippen molar-refractivity contribution in [1.29, 1.82) is 0 Å². The predicted molar refractivity (Wildman–Crippen MR) is 127 cm³/mol. The van der Waals surface area contributed by atoms with E-state index in [9.17, 15) is 9.59 Å². The van der Waals surface area contributed by atoms with Gasteiger partial charge in [0.2, 0.25) is 0 Å². The van der Waals surface area contributed by atoms with E-state index in [0.717, 1.165) is 38.3 Å². The van der Waals surface area contributed by atoms with Crippen LogP contribution in [0.5, 0.6) is 5.75 Å². The van der Waals surface area contributed by atoms with E-state index in [2.05, 4.69) is 36.0 Å². The van der Waals surface area contributed by atoms with E-state index in [1.807, 2.05) is 30.3 Å². The van der Waals surface area contributed by atoms with Crippen molar-refractivity contribution in [3.05, 3.63) is 53.6 Å². The van der Waals surface area contributed by atoms with Gasteiger partial charge in [-0.3, -0.25) is 4.79 Å². The molecule has 32 heavy (non-hydrogen) atoms. The number of carbonyl (C=O) groups excluding carboxylic acids is 2. The van der Waals surface area contributed by atoms with Gasteiger partial charge in [-0.25, -0.2) is 4.79 Å². The van der Waals surface area contributed by atoms with Crippen LogP contribution in [0, 0.1) is 0 Å². The third-order valence-electron chi connectivity index (χ3n) is 5.97. The topological polar surface area (TPSA) is 71.1 Å². The van der Waals surface area contributed by atoms with Crippen molar-refractivity contribution in [2.24, 2.45) is 0 Å². The Kier molecular flexibility index (Phi) is 8.11. The minimum atomic E-state index is -0.442. The number of anilines is 2. The fourth-order valence-electron chi connectivity index (χ4n) is 3.67. The quantitative estimate of drug-likeness (QED) is 0.632. The smallest absolute Gasteiger partial charge is 0.337 e. The van der Waals surface area contributed by atoms with Crippen LogP contribution < -0.4 is 15.0 Å². The van der Waals surface area contributed by atoms with Crippen LogP contribution in [0.25, 0.3) is 0 Å². The molecule has 0 spiro atoms. The van der Waals surface area contributed by atoms with E-state index < -0.39 is 5.97 Å². The lowest BCUT2D eigenvalue weighted by Gasteiger charge is -2.35. The summed E-state index contributed by atoms with van der Waals surface area (Å²) in [4.78, 5) is 29.2. The Labute approximate surface area is 190 Å². The lowest BCUT2D eigenvalue weighted by Crippen LogP contribution is -2.44. The standard InChI is InChI=1S/C25H33N3O4/c1-5-18(2)19-6-9-21(10-7-19)32-17-24(29)26-22-16-20(25(30)31-4)8-11-23(22)28-14-12-27(3)13-15-28/h6-11,16,18H,5,12-15,17H2,1-4H3,(H,26,29)/t18-/m0/s1. The number of ether oxygens (including phenoxy) is 2. The van der Waals surface area contributed by atoms with E-state index in [4.69, 9.17) is 9.47 Å². The fraction of sp³-hybridized carbons (Fsp3) is 0.440. The number of esters is 1. The summed E-state index contributed by atoms with van der Waals surface area (Å²) in [5.74, 6) is 0.411. The first-order chi connectivity index (χ1) is 15.4. The van der Waals surface area contributed by atoms with Crippen molar-refractivity contribution >= 4 is 23.3 Å². The van der Waals surface area contributed by atoms with Crippen LogP contribution in [0.1, 0.15) is 42.1 Å². The largest absolute Gasteiger partial charge is 0.484 e. The number of hydrogen-bond acceptors (Lipinski definition) is 6. The summed E-state index contributed by atoms with van der Waals surface area (Å²) >= 11 is 0. The maximum absolute atomic E-state index is 12.7. The number of hydrogen-bond donors (Lipinski definition) is 1. The maximum atomic E-state index is 12.7. The number of benzene rings is 2. The minimum absolute atomic E-state index is 0.118. The fourth-order valence-corrected chi connectivity index (χ4v) is 3.67. The highest BCUT2D eigenvalue weighted by atomic mass is 16.5. The van der Waals surface area contributed by atoms with E-state index in [-0.39, 0.29) is 12.5 Å². The first-order valence-corrected chi connectivity index (χ1v) is 11.1. The molecule has 0 unspecified atom stereocenters. The van der Waals surface area contributed by atoms with E-state index in [1.165, 1.54) is 12.7 Å². The van der Waals surface area contributed by atoms with E-state index >= 15 is 0 Å². The lowest BCUT2D eigenvalue weighted by atomic mass is 9.99. The molecule has 0 radical (unpaired) electrons. The third kappa shape index (κ3) is 6.01. The molecule has 0 bridgehead atoms. The van der Waals surface area contributed by atoms with Crippen LogP contribution in [0.3, 0.4) is 0 Å². The molecule has 0 saturated carbocycles. The van der Waals surface area contributed by atoms with Crippen molar-refractivity contribution < 1.29 is 19.1 Å².